The van der Waals surface area contributed by atoms with Gasteiger partial charge in [0.15, 0.2) is 10.8 Å². The van der Waals surface area contributed by atoms with Crippen molar-refractivity contribution in [2.24, 2.45) is 5.92 Å². The van der Waals surface area contributed by atoms with Crippen LogP contribution < -0.4 is 21.1 Å². The maximum atomic E-state index is 12.8. The molecular weight excluding hydrogens is 392 g/mol. The van der Waals surface area contributed by atoms with Crippen LogP contribution in [0.15, 0.2) is 11.1 Å². The van der Waals surface area contributed by atoms with Crippen molar-refractivity contribution >= 4 is 38.6 Å². The summed E-state index contributed by atoms with van der Waals surface area (Å²) in [5.74, 6) is -0.231. The van der Waals surface area contributed by atoms with E-state index in [0.717, 1.165) is 25.8 Å². The number of nitrogens with one attached hydrogen (secondary N) is 2. The molecule has 2 aromatic rings. The molecule has 1 aliphatic rings. The summed E-state index contributed by atoms with van der Waals surface area (Å²) in [6.07, 6.45) is 4.03. The van der Waals surface area contributed by atoms with Crippen molar-refractivity contribution in [2.45, 2.75) is 52.6 Å². The molecule has 10 heteroatoms. The first kappa shape index (κ1) is 21.2. The van der Waals surface area contributed by atoms with Gasteiger partial charge in [-0.3, -0.25) is 19.0 Å². The van der Waals surface area contributed by atoms with Crippen molar-refractivity contribution < 1.29 is 9.59 Å². The topological polar surface area (TPSA) is 109 Å². The molecule has 0 radical (unpaired) electrons. The van der Waals surface area contributed by atoms with E-state index >= 15 is 0 Å². The third kappa shape index (κ3) is 5.11. The van der Waals surface area contributed by atoms with Gasteiger partial charge in [-0.15, -0.1) is 0 Å². The van der Waals surface area contributed by atoms with E-state index in [-0.39, 0.29) is 35.9 Å². The summed E-state index contributed by atoms with van der Waals surface area (Å²) in [6, 6.07) is 0.00599. The van der Waals surface area contributed by atoms with E-state index in [4.69, 9.17) is 0 Å². The Morgan fingerprint density at radius 3 is 2.90 bits per heavy atom. The standard InChI is InChI=1S/C19H28N6O3S/c1-4-7-20-17(27)13-6-5-8-24(9-13)19-23-16-15(29-19)18(28)25(11-21-16)10-14(26)22-12(2)3/h11-13H,4-10H2,1-3H3,(H,20,27)(H,22,26)/t13-/m0/s1. The third-order valence-electron chi connectivity index (χ3n) is 4.75. The fraction of sp³-hybridized carbons (Fsp3) is 0.632. The summed E-state index contributed by atoms with van der Waals surface area (Å²) in [4.78, 5) is 47.9. The smallest absolute Gasteiger partial charge is 0.273 e. The summed E-state index contributed by atoms with van der Waals surface area (Å²) < 4.78 is 1.73. The highest BCUT2D eigenvalue weighted by molar-refractivity contribution is 7.22. The van der Waals surface area contributed by atoms with Gasteiger partial charge in [0.05, 0.1) is 5.92 Å². The minimum atomic E-state index is -0.271. The second kappa shape index (κ2) is 9.34. The number of amides is 2. The maximum absolute atomic E-state index is 12.8. The molecule has 1 saturated heterocycles. The predicted octanol–water partition coefficient (Wildman–Crippen LogP) is 1.12. The molecule has 29 heavy (non-hydrogen) atoms. The van der Waals surface area contributed by atoms with Crippen LogP contribution in [-0.2, 0) is 16.1 Å². The fourth-order valence-electron chi connectivity index (χ4n) is 3.36. The van der Waals surface area contributed by atoms with Crippen molar-refractivity contribution in [2.75, 3.05) is 24.5 Å². The van der Waals surface area contributed by atoms with Crippen molar-refractivity contribution in [3.05, 3.63) is 16.7 Å². The van der Waals surface area contributed by atoms with Crippen LogP contribution >= 0.6 is 11.3 Å². The number of thiazole rings is 1. The lowest BCUT2D eigenvalue weighted by Crippen LogP contribution is -2.43. The van der Waals surface area contributed by atoms with E-state index in [2.05, 4.69) is 25.5 Å². The molecule has 2 aromatic heterocycles. The van der Waals surface area contributed by atoms with Crippen LogP contribution in [0.25, 0.3) is 10.3 Å². The quantitative estimate of drug-likeness (QED) is 0.695. The van der Waals surface area contributed by atoms with Crippen LogP contribution in [0.2, 0.25) is 0 Å². The lowest BCUT2D eigenvalue weighted by Gasteiger charge is -2.31. The Hall–Kier alpha value is -2.49. The molecule has 1 fully saturated rings. The van der Waals surface area contributed by atoms with E-state index < -0.39 is 0 Å². The van der Waals surface area contributed by atoms with Crippen LogP contribution in [0.3, 0.4) is 0 Å². The number of carbonyl (C=O) groups excluding carboxylic acids is 2. The summed E-state index contributed by atoms with van der Waals surface area (Å²) in [6.45, 7) is 7.75. The molecular formula is C19H28N6O3S. The van der Waals surface area contributed by atoms with Crippen molar-refractivity contribution in [3.8, 4) is 0 Å². The first-order chi connectivity index (χ1) is 13.9. The first-order valence-electron chi connectivity index (χ1n) is 10.1. The Bertz CT molecular complexity index is 938. The Labute approximate surface area is 173 Å². The molecule has 0 bridgehead atoms. The molecule has 1 aliphatic heterocycles. The van der Waals surface area contributed by atoms with E-state index in [1.165, 1.54) is 22.2 Å². The van der Waals surface area contributed by atoms with Crippen LogP contribution in [0.1, 0.15) is 40.0 Å². The number of aromatic nitrogens is 3. The number of nitrogens with zero attached hydrogens (tertiary/aromatic N) is 4. The lowest BCUT2D eigenvalue weighted by atomic mass is 9.97. The monoisotopic (exact) mass is 420 g/mol. The zero-order valence-corrected chi connectivity index (χ0v) is 17.9. The Kier molecular flexibility index (Phi) is 6.83. The van der Waals surface area contributed by atoms with Crippen LogP contribution in [-0.4, -0.2) is 52.0 Å². The van der Waals surface area contributed by atoms with Crippen LogP contribution in [0.5, 0.6) is 0 Å². The van der Waals surface area contributed by atoms with E-state index in [9.17, 15) is 14.4 Å². The van der Waals surface area contributed by atoms with Gasteiger partial charge in [0, 0.05) is 25.7 Å². The highest BCUT2D eigenvalue weighted by atomic mass is 32.1. The van der Waals surface area contributed by atoms with Gasteiger partial charge in [0.2, 0.25) is 11.8 Å². The fourth-order valence-corrected chi connectivity index (χ4v) is 4.37. The average molecular weight is 421 g/mol. The largest absolute Gasteiger partial charge is 0.356 e. The van der Waals surface area contributed by atoms with E-state index in [1.807, 2.05) is 20.8 Å². The van der Waals surface area contributed by atoms with Gasteiger partial charge in [0.25, 0.3) is 5.56 Å². The number of rotatable bonds is 7. The maximum Gasteiger partial charge on any atom is 0.273 e. The summed E-state index contributed by atoms with van der Waals surface area (Å²) in [7, 11) is 0. The van der Waals surface area contributed by atoms with Gasteiger partial charge in [-0.25, -0.2) is 4.98 Å². The third-order valence-corrected chi connectivity index (χ3v) is 5.84. The Balaban J connectivity index is 1.77. The van der Waals surface area contributed by atoms with Crippen molar-refractivity contribution in [1.29, 1.82) is 0 Å². The van der Waals surface area contributed by atoms with Gasteiger partial charge in [0.1, 0.15) is 17.6 Å². The number of carbonyl (C=O) groups is 2. The molecule has 2 amide bonds. The minimum Gasteiger partial charge on any atom is -0.356 e. The number of fused-ring (bicyclic) bond motifs is 1. The molecule has 158 valence electrons. The highest BCUT2D eigenvalue weighted by Crippen LogP contribution is 2.29. The van der Waals surface area contributed by atoms with Gasteiger partial charge in [-0.05, 0) is 33.1 Å². The molecule has 0 saturated carbocycles. The highest BCUT2D eigenvalue weighted by Gasteiger charge is 2.27. The molecule has 3 heterocycles. The summed E-state index contributed by atoms with van der Waals surface area (Å²) in [5, 5.41) is 6.43. The van der Waals surface area contributed by atoms with Crippen molar-refractivity contribution in [1.82, 2.24) is 25.2 Å². The lowest BCUT2D eigenvalue weighted by molar-refractivity contribution is -0.125. The SMILES string of the molecule is CCCNC(=O)[C@H]1CCCN(c2nc3ncn(CC(=O)NC(C)C)c(=O)c3s2)C1. The normalized spacial score (nSPS) is 17.0. The number of hydrogen-bond donors (Lipinski definition) is 2. The molecule has 0 unspecified atom stereocenters. The number of hydrogen-bond acceptors (Lipinski definition) is 7. The molecule has 0 aliphatic carbocycles. The van der Waals surface area contributed by atoms with E-state index in [0.29, 0.717) is 28.6 Å². The molecule has 0 spiro atoms. The predicted molar refractivity (Wildman–Crippen MR) is 113 cm³/mol. The zero-order chi connectivity index (χ0) is 21.0. The molecule has 2 N–H and O–H groups in total. The Morgan fingerprint density at radius 1 is 1.38 bits per heavy atom. The van der Waals surface area contributed by atoms with Gasteiger partial charge in [-0.2, -0.15) is 4.98 Å². The Morgan fingerprint density at radius 2 is 2.17 bits per heavy atom. The molecule has 3 rings (SSSR count). The van der Waals surface area contributed by atoms with Gasteiger partial charge < -0.3 is 15.5 Å². The second-order valence-electron chi connectivity index (χ2n) is 7.63. The minimum absolute atomic E-state index is 0.00599. The summed E-state index contributed by atoms with van der Waals surface area (Å²) >= 11 is 1.27. The number of piperidine rings is 1. The molecule has 9 nitrogen and oxygen atoms in total. The second-order valence-corrected chi connectivity index (χ2v) is 8.60. The van der Waals surface area contributed by atoms with E-state index in [1.54, 1.807) is 0 Å². The van der Waals surface area contributed by atoms with Crippen LogP contribution in [0.4, 0.5) is 5.13 Å². The van der Waals surface area contributed by atoms with Crippen LogP contribution in [0, 0.1) is 5.92 Å². The zero-order valence-electron chi connectivity index (χ0n) is 17.1. The van der Waals surface area contributed by atoms with Gasteiger partial charge >= 0.3 is 0 Å². The molecule has 0 aromatic carbocycles. The first-order valence-corrected chi connectivity index (χ1v) is 10.9. The average Bonchev–Trinajstić information content (AvgIpc) is 3.13. The number of anilines is 1. The molecule has 1 atom stereocenters. The van der Waals surface area contributed by atoms with Crippen molar-refractivity contribution in [3.63, 3.8) is 0 Å². The summed E-state index contributed by atoms with van der Waals surface area (Å²) in [5.41, 5.74) is 0.111. The van der Waals surface area contributed by atoms with Gasteiger partial charge in [-0.1, -0.05) is 18.3 Å².